The number of anilines is 2. The number of hydrogen-bond acceptors (Lipinski definition) is 5. The summed E-state index contributed by atoms with van der Waals surface area (Å²) in [4.78, 5) is 0. The van der Waals surface area contributed by atoms with Crippen LogP contribution in [-0.4, -0.2) is 17.5 Å². The molecule has 0 fully saturated rings. The van der Waals surface area contributed by atoms with Gasteiger partial charge in [0.15, 0.2) is 0 Å². The monoisotopic (exact) mass is 298 g/mol. The van der Waals surface area contributed by atoms with Crippen LogP contribution in [-0.2, 0) is 10.4 Å². The fourth-order valence-electron chi connectivity index (χ4n) is 1.25. The lowest BCUT2D eigenvalue weighted by Crippen LogP contribution is -1.89. The van der Waals surface area contributed by atoms with Crippen LogP contribution in [0.2, 0.25) is 0 Å². The molecule has 0 bridgehead atoms. The van der Waals surface area contributed by atoms with E-state index >= 15 is 0 Å². The third-order valence-corrected chi connectivity index (χ3v) is 1.97. The van der Waals surface area contributed by atoms with Crippen LogP contribution in [0.15, 0.2) is 48.5 Å². The molecule has 20 heavy (non-hydrogen) atoms. The normalized spacial score (nSPS) is 10.3. The Kier molecular flexibility index (Phi) is 5.32. The number of nitrogen functional groups attached to an aromatic ring is 2. The minimum absolute atomic E-state index is 0.683. The lowest BCUT2D eigenvalue weighted by atomic mass is 10.3. The van der Waals surface area contributed by atoms with Crippen molar-refractivity contribution in [1.29, 1.82) is 0 Å². The molecule has 0 saturated carbocycles. The summed E-state index contributed by atoms with van der Waals surface area (Å²) in [5, 5.41) is 0. The fourth-order valence-corrected chi connectivity index (χ4v) is 1.25. The molecule has 0 heterocycles. The Labute approximate surface area is 116 Å². The molecule has 0 saturated heterocycles. The van der Waals surface area contributed by atoms with Crippen molar-refractivity contribution in [3.05, 3.63) is 48.5 Å². The highest BCUT2D eigenvalue weighted by Crippen LogP contribution is 2.23. The Morgan fingerprint density at radius 3 is 1.90 bits per heavy atom. The van der Waals surface area contributed by atoms with Crippen molar-refractivity contribution in [2.24, 2.45) is 0 Å². The molecule has 0 amide bonds. The molecule has 0 aliphatic heterocycles. The standard InChI is InChI=1S/C12H12N2O.H2O4S/c13-9-4-6-11(7-5-9)15-12-3-1-2-10(14)8-12;1-5(2,3)4/h1-8H,13-14H2;(H2,1,2,3,4). The number of nitrogens with two attached hydrogens (primary N) is 2. The third-order valence-electron chi connectivity index (χ3n) is 1.97. The largest absolute Gasteiger partial charge is 0.457 e. The first kappa shape index (κ1) is 15.8. The van der Waals surface area contributed by atoms with E-state index in [0.29, 0.717) is 5.69 Å². The van der Waals surface area contributed by atoms with Crippen LogP contribution < -0.4 is 16.2 Å². The van der Waals surface area contributed by atoms with Crippen molar-refractivity contribution in [2.75, 3.05) is 11.5 Å². The maximum absolute atomic E-state index is 8.74. The van der Waals surface area contributed by atoms with Crippen molar-refractivity contribution in [1.82, 2.24) is 0 Å². The maximum atomic E-state index is 8.74. The van der Waals surface area contributed by atoms with Crippen molar-refractivity contribution >= 4 is 21.8 Å². The number of benzene rings is 2. The van der Waals surface area contributed by atoms with Gasteiger partial charge in [0, 0.05) is 17.4 Å². The first-order valence-electron chi connectivity index (χ1n) is 5.33. The van der Waals surface area contributed by atoms with Crippen LogP contribution in [0.5, 0.6) is 11.5 Å². The van der Waals surface area contributed by atoms with Crippen LogP contribution in [0.3, 0.4) is 0 Å². The van der Waals surface area contributed by atoms with Crippen LogP contribution in [0.4, 0.5) is 11.4 Å². The van der Waals surface area contributed by atoms with E-state index in [2.05, 4.69) is 0 Å². The van der Waals surface area contributed by atoms with Crippen LogP contribution >= 0.6 is 0 Å². The van der Waals surface area contributed by atoms with Gasteiger partial charge in [-0.3, -0.25) is 9.11 Å². The summed E-state index contributed by atoms with van der Waals surface area (Å²) in [6.07, 6.45) is 0. The molecule has 0 radical (unpaired) electrons. The number of hydrogen-bond donors (Lipinski definition) is 4. The Balaban J connectivity index is 0.000000347. The molecule has 0 spiro atoms. The minimum Gasteiger partial charge on any atom is -0.457 e. The molecule has 7 nitrogen and oxygen atoms in total. The van der Waals surface area contributed by atoms with E-state index in [1.54, 1.807) is 18.2 Å². The zero-order valence-corrected chi connectivity index (χ0v) is 11.1. The summed E-state index contributed by atoms with van der Waals surface area (Å²) >= 11 is 0. The Bertz CT molecular complexity index is 648. The van der Waals surface area contributed by atoms with Crippen molar-refractivity contribution < 1.29 is 22.3 Å². The summed E-state index contributed by atoms with van der Waals surface area (Å²) in [6.45, 7) is 0. The first-order valence-corrected chi connectivity index (χ1v) is 6.72. The van der Waals surface area contributed by atoms with Crippen LogP contribution in [0, 0.1) is 0 Å². The minimum atomic E-state index is -4.67. The number of rotatable bonds is 2. The van der Waals surface area contributed by atoms with E-state index < -0.39 is 10.4 Å². The lowest BCUT2D eigenvalue weighted by molar-refractivity contribution is 0.381. The van der Waals surface area contributed by atoms with E-state index in [1.165, 1.54) is 0 Å². The fraction of sp³-hybridized carbons (Fsp3) is 0. The highest BCUT2D eigenvalue weighted by molar-refractivity contribution is 7.79. The zero-order valence-electron chi connectivity index (χ0n) is 10.3. The second kappa shape index (κ2) is 6.75. The average molecular weight is 298 g/mol. The summed E-state index contributed by atoms with van der Waals surface area (Å²) in [5.41, 5.74) is 12.6. The molecule has 0 aliphatic carbocycles. The molecule has 0 aliphatic rings. The van der Waals surface area contributed by atoms with Crippen LogP contribution in [0.1, 0.15) is 0 Å². The Hall–Kier alpha value is -2.29. The van der Waals surface area contributed by atoms with Gasteiger partial charge in [0.2, 0.25) is 0 Å². The third kappa shape index (κ3) is 7.21. The van der Waals surface area contributed by atoms with Gasteiger partial charge in [-0.2, -0.15) is 8.42 Å². The van der Waals surface area contributed by atoms with E-state index in [1.807, 2.05) is 30.3 Å². The van der Waals surface area contributed by atoms with E-state index in [0.717, 1.165) is 17.2 Å². The summed E-state index contributed by atoms with van der Waals surface area (Å²) in [6, 6.07) is 14.5. The molecule has 108 valence electrons. The van der Waals surface area contributed by atoms with E-state index in [-0.39, 0.29) is 0 Å². The lowest BCUT2D eigenvalue weighted by Gasteiger charge is -2.06. The molecule has 2 aromatic rings. The van der Waals surface area contributed by atoms with Crippen molar-refractivity contribution in [3.63, 3.8) is 0 Å². The second-order valence-electron chi connectivity index (χ2n) is 3.69. The molecule has 8 heteroatoms. The molecule has 6 N–H and O–H groups in total. The van der Waals surface area contributed by atoms with Gasteiger partial charge in [0.05, 0.1) is 0 Å². The quantitative estimate of drug-likeness (QED) is 0.491. The van der Waals surface area contributed by atoms with Gasteiger partial charge in [-0.05, 0) is 36.4 Å². The van der Waals surface area contributed by atoms with Gasteiger partial charge in [0.25, 0.3) is 0 Å². The highest BCUT2D eigenvalue weighted by atomic mass is 32.3. The second-order valence-corrected chi connectivity index (χ2v) is 4.59. The maximum Gasteiger partial charge on any atom is 0.394 e. The molecular weight excluding hydrogens is 284 g/mol. The van der Waals surface area contributed by atoms with E-state index in [4.69, 9.17) is 33.7 Å². The molecule has 2 aromatic carbocycles. The van der Waals surface area contributed by atoms with E-state index in [9.17, 15) is 0 Å². The highest BCUT2D eigenvalue weighted by Gasteiger charge is 1.96. The van der Waals surface area contributed by atoms with Gasteiger partial charge >= 0.3 is 10.4 Å². The van der Waals surface area contributed by atoms with Crippen molar-refractivity contribution in [2.45, 2.75) is 0 Å². The van der Waals surface area contributed by atoms with Crippen LogP contribution in [0.25, 0.3) is 0 Å². The number of ether oxygens (including phenoxy) is 1. The first-order chi connectivity index (χ1) is 9.24. The zero-order chi connectivity index (χ0) is 15.2. The van der Waals surface area contributed by atoms with Gasteiger partial charge in [-0.15, -0.1) is 0 Å². The SMILES string of the molecule is Nc1ccc(Oc2cccc(N)c2)cc1.O=S(=O)(O)O. The Morgan fingerprint density at radius 2 is 1.40 bits per heavy atom. The molecular formula is C12H14N2O5S. The van der Waals surface area contributed by atoms with Crippen molar-refractivity contribution in [3.8, 4) is 11.5 Å². The summed E-state index contributed by atoms with van der Waals surface area (Å²) in [7, 11) is -4.67. The predicted molar refractivity (Wildman–Crippen MR) is 76.0 cm³/mol. The molecule has 0 aromatic heterocycles. The molecule has 0 atom stereocenters. The molecule has 0 unspecified atom stereocenters. The molecule has 2 rings (SSSR count). The van der Waals surface area contributed by atoms with Gasteiger partial charge < -0.3 is 16.2 Å². The van der Waals surface area contributed by atoms with Gasteiger partial charge in [-0.1, -0.05) is 6.07 Å². The summed E-state index contributed by atoms with van der Waals surface area (Å²) in [5.74, 6) is 1.47. The average Bonchev–Trinajstić information content (AvgIpc) is 2.30. The Morgan fingerprint density at radius 1 is 0.850 bits per heavy atom. The summed E-state index contributed by atoms with van der Waals surface area (Å²) < 4.78 is 37.2. The smallest absolute Gasteiger partial charge is 0.394 e. The predicted octanol–water partition coefficient (Wildman–Crippen LogP) is 1.99. The van der Waals surface area contributed by atoms with Gasteiger partial charge in [-0.25, -0.2) is 0 Å². The van der Waals surface area contributed by atoms with Gasteiger partial charge in [0.1, 0.15) is 11.5 Å². The topological polar surface area (TPSA) is 136 Å².